The lowest BCUT2D eigenvalue weighted by Crippen LogP contribution is -2.35. The second-order valence-electron chi connectivity index (χ2n) is 6.42. The molecule has 1 aliphatic heterocycles. The van der Waals surface area contributed by atoms with Gasteiger partial charge in [-0.05, 0) is 32.3 Å². The fourth-order valence-electron chi connectivity index (χ4n) is 3.38. The van der Waals surface area contributed by atoms with E-state index in [1.807, 2.05) is 24.8 Å². The van der Waals surface area contributed by atoms with Gasteiger partial charge >= 0.3 is 0 Å². The minimum absolute atomic E-state index is 0.183. The van der Waals surface area contributed by atoms with Gasteiger partial charge in [0.15, 0.2) is 0 Å². The Labute approximate surface area is 137 Å². The van der Waals surface area contributed by atoms with Gasteiger partial charge in [0.2, 0.25) is 5.91 Å². The van der Waals surface area contributed by atoms with Gasteiger partial charge in [0, 0.05) is 24.6 Å². The Morgan fingerprint density at radius 2 is 2.04 bits per heavy atom. The zero-order valence-corrected chi connectivity index (χ0v) is 13.9. The smallest absolute Gasteiger partial charge is 0.227 e. The van der Waals surface area contributed by atoms with Crippen molar-refractivity contribution in [2.45, 2.75) is 45.4 Å². The number of nitrogens with zero attached hydrogens (tertiary/aromatic N) is 2. The number of rotatable bonds is 3. The number of aryl methyl sites for hydroxylation is 2. The van der Waals surface area contributed by atoms with Crippen molar-refractivity contribution in [1.29, 1.82) is 0 Å². The predicted molar refractivity (Wildman–Crippen MR) is 89.3 cm³/mol. The molecule has 23 heavy (non-hydrogen) atoms. The first kappa shape index (κ1) is 15.8. The van der Waals surface area contributed by atoms with Gasteiger partial charge in [-0.2, -0.15) is 0 Å². The largest absolute Gasteiger partial charge is 0.361 e. The minimum Gasteiger partial charge on any atom is -0.361 e. The molecule has 0 radical (unpaired) electrons. The first-order valence-electron chi connectivity index (χ1n) is 8.39. The summed E-state index contributed by atoms with van der Waals surface area (Å²) in [5, 5.41) is 3.95. The standard InChI is InChI=1S/C19H24N2O2/c1-14-18(15(2)23-20-14)12-19(22)21-11-7-6-10-17(13-21)16-8-4-3-5-9-16/h3-5,8-9,17H,6-7,10-13H2,1-2H3. The van der Waals surface area contributed by atoms with Crippen LogP contribution in [0.2, 0.25) is 0 Å². The van der Waals surface area contributed by atoms with Gasteiger partial charge in [0.1, 0.15) is 5.76 Å². The lowest BCUT2D eigenvalue weighted by molar-refractivity contribution is -0.130. The molecule has 1 amide bonds. The molecule has 4 nitrogen and oxygen atoms in total. The van der Waals surface area contributed by atoms with E-state index < -0.39 is 0 Å². The number of amides is 1. The molecular formula is C19H24N2O2. The average Bonchev–Trinajstić information content (AvgIpc) is 2.79. The third kappa shape index (κ3) is 3.63. The van der Waals surface area contributed by atoms with Crippen LogP contribution in [0, 0.1) is 13.8 Å². The molecule has 0 saturated carbocycles. The lowest BCUT2D eigenvalue weighted by Gasteiger charge is -2.25. The molecule has 1 aromatic carbocycles. The Kier molecular flexibility index (Phi) is 4.79. The minimum atomic E-state index is 0.183. The van der Waals surface area contributed by atoms with Gasteiger partial charge in [-0.25, -0.2) is 0 Å². The maximum Gasteiger partial charge on any atom is 0.227 e. The molecule has 1 fully saturated rings. The Balaban J connectivity index is 1.72. The van der Waals surface area contributed by atoms with Gasteiger partial charge in [0.05, 0.1) is 12.1 Å². The molecular weight excluding hydrogens is 288 g/mol. The van der Waals surface area contributed by atoms with Gasteiger partial charge in [-0.3, -0.25) is 4.79 Å². The van der Waals surface area contributed by atoms with Crippen molar-refractivity contribution in [3.63, 3.8) is 0 Å². The van der Waals surface area contributed by atoms with Crippen molar-refractivity contribution in [2.24, 2.45) is 0 Å². The maximum absolute atomic E-state index is 12.8. The summed E-state index contributed by atoms with van der Waals surface area (Å²) in [5.74, 6) is 1.37. The second-order valence-corrected chi connectivity index (χ2v) is 6.42. The summed E-state index contributed by atoms with van der Waals surface area (Å²) in [6.45, 7) is 5.43. The van der Waals surface area contributed by atoms with E-state index in [2.05, 4.69) is 29.4 Å². The zero-order chi connectivity index (χ0) is 16.2. The first-order valence-corrected chi connectivity index (χ1v) is 8.39. The SMILES string of the molecule is Cc1noc(C)c1CC(=O)N1CCCCC(c2ccccc2)C1. The normalized spacial score (nSPS) is 18.7. The molecule has 2 aromatic rings. The van der Waals surface area contributed by atoms with E-state index in [9.17, 15) is 4.79 Å². The molecule has 0 bridgehead atoms. The van der Waals surface area contributed by atoms with Crippen LogP contribution >= 0.6 is 0 Å². The fraction of sp³-hybridized carbons (Fsp3) is 0.474. The Morgan fingerprint density at radius 1 is 1.26 bits per heavy atom. The highest BCUT2D eigenvalue weighted by Gasteiger charge is 2.24. The van der Waals surface area contributed by atoms with Crippen molar-refractivity contribution in [3.05, 3.63) is 52.9 Å². The molecule has 4 heteroatoms. The summed E-state index contributed by atoms with van der Waals surface area (Å²) in [6.07, 6.45) is 3.80. The van der Waals surface area contributed by atoms with E-state index >= 15 is 0 Å². The summed E-state index contributed by atoms with van der Waals surface area (Å²) in [4.78, 5) is 14.8. The summed E-state index contributed by atoms with van der Waals surface area (Å²) in [5.41, 5.74) is 3.10. The third-order valence-corrected chi connectivity index (χ3v) is 4.80. The van der Waals surface area contributed by atoms with Crippen molar-refractivity contribution in [3.8, 4) is 0 Å². The van der Waals surface area contributed by atoms with E-state index in [4.69, 9.17) is 4.52 Å². The van der Waals surface area contributed by atoms with Gasteiger partial charge in [-0.15, -0.1) is 0 Å². The van der Waals surface area contributed by atoms with E-state index in [-0.39, 0.29) is 5.91 Å². The summed E-state index contributed by atoms with van der Waals surface area (Å²) in [6, 6.07) is 10.5. The van der Waals surface area contributed by atoms with Crippen LogP contribution in [0.25, 0.3) is 0 Å². The highest BCUT2D eigenvalue weighted by Crippen LogP contribution is 2.27. The number of aromatic nitrogens is 1. The van der Waals surface area contributed by atoms with Crippen LogP contribution in [0.15, 0.2) is 34.9 Å². The molecule has 0 spiro atoms. The molecule has 1 aliphatic rings. The van der Waals surface area contributed by atoms with E-state index in [1.54, 1.807) is 0 Å². The quantitative estimate of drug-likeness (QED) is 0.869. The lowest BCUT2D eigenvalue weighted by atomic mass is 9.94. The second kappa shape index (κ2) is 6.99. The van der Waals surface area contributed by atoms with Crippen LogP contribution in [0.3, 0.4) is 0 Å². The molecule has 1 saturated heterocycles. The molecule has 122 valence electrons. The van der Waals surface area contributed by atoms with Gasteiger partial charge in [0.25, 0.3) is 0 Å². The summed E-state index contributed by atoms with van der Waals surface area (Å²) >= 11 is 0. The Morgan fingerprint density at radius 3 is 2.74 bits per heavy atom. The van der Waals surface area contributed by atoms with Gasteiger partial charge < -0.3 is 9.42 Å². The molecule has 1 atom stereocenters. The van der Waals surface area contributed by atoms with E-state index in [0.29, 0.717) is 12.3 Å². The maximum atomic E-state index is 12.8. The fourth-order valence-corrected chi connectivity index (χ4v) is 3.38. The number of carbonyl (C=O) groups excluding carboxylic acids is 1. The molecule has 0 N–H and O–H groups in total. The monoisotopic (exact) mass is 312 g/mol. The van der Waals surface area contributed by atoms with Crippen molar-refractivity contribution in [1.82, 2.24) is 10.1 Å². The average molecular weight is 312 g/mol. The highest BCUT2D eigenvalue weighted by molar-refractivity contribution is 5.79. The number of hydrogen-bond donors (Lipinski definition) is 0. The number of carbonyl (C=O) groups is 1. The van der Waals surface area contributed by atoms with Crippen molar-refractivity contribution in [2.75, 3.05) is 13.1 Å². The van der Waals surface area contributed by atoms with E-state index in [0.717, 1.165) is 42.9 Å². The van der Waals surface area contributed by atoms with Crippen LogP contribution in [0.4, 0.5) is 0 Å². The molecule has 2 heterocycles. The first-order chi connectivity index (χ1) is 11.1. The van der Waals surface area contributed by atoms with Crippen LogP contribution in [0.1, 0.15) is 47.8 Å². The van der Waals surface area contributed by atoms with Gasteiger partial charge in [-0.1, -0.05) is 41.9 Å². The van der Waals surface area contributed by atoms with E-state index in [1.165, 1.54) is 12.0 Å². The van der Waals surface area contributed by atoms with Crippen LogP contribution in [-0.4, -0.2) is 29.1 Å². The van der Waals surface area contributed by atoms with Crippen LogP contribution < -0.4 is 0 Å². The van der Waals surface area contributed by atoms with Crippen LogP contribution in [0.5, 0.6) is 0 Å². The molecule has 1 aromatic heterocycles. The topological polar surface area (TPSA) is 46.3 Å². The number of benzene rings is 1. The Bertz CT molecular complexity index is 644. The van der Waals surface area contributed by atoms with Crippen molar-refractivity contribution >= 4 is 5.91 Å². The predicted octanol–water partition coefficient (Wildman–Crippen LogP) is 3.63. The highest BCUT2D eigenvalue weighted by atomic mass is 16.5. The summed E-state index contributed by atoms with van der Waals surface area (Å²) in [7, 11) is 0. The van der Waals surface area contributed by atoms with Crippen LogP contribution in [-0.2, 0) is 11.2 Å². The zero-order valence-electron chi connectivity index (χ0n) is 13.9. The Hall–Kier alpha value is -2.10. The number of hydrogen-bond acceptors (Lipinski definition) is 3. The molecule has 0 aliphatic carbocycles. The molecule has 1 unspecified atom stereocenters. The third-order valence-electron chi connectivity index (χ3n) is 4.80. The molecule has 3 rings (SSSR count). The van der Waals surface area contributed by atoms with Crippen molar-refractivity contribution < 1.29 is 9.32 Å². The summed E-state index contributed by atoms with van der Waals surface area (Å²) < 4.78 is 5.18. The number of likely N-dealkylation sites (tertiary alicyclic amines) is 1.